The number of urea groups is 1. The molecule has 0 saturated carbocycles. The molecule has 0 unspecified atom stereocenters. The summed E-state index contributed by atoms with van der Waals surface area (Å²) in [5.41, 5.74) is 2.30. The van der Waals surface area contributed by atoms with E-state index in [1.54, 1.807) is 12.1 Å². The monoisotopic (exact) mass is 311 g/mol. The molecule has 0 spiro atoms. The van der Waals surface area contributed by atoms with E-state index < -0.39 is 0 Å². The average Bonchev–Trinajstić information content (AvgIpc) is 2.49. The second-order valence-corrected chi connectivity index (χ2v) is 5.54. The van der Waals surface area contributed by atoms with Gasteiger partial charge in [-0.2, -0.15) is 0 Å². The van der Waals surface area contributed by atoms with E-state index in [4.69, 9.17) is 0 Å². The molecular formula is C18H21N3O2. The van der Waals surface area contributed by atoms with Gasteiger partial charge in [0.05, 0.1) is 6.42 Å². The molecule has 2 aromatic rings. The Bertz CT molecular complexity index is 652. The molecule has 0 aliphatic heterocycles. The first-order valence-corrected chi connectivity index (χ1v) is 7.54. The van der Waals surface area contributed by atoms with E-state index in [1.807, 2.05) is 56.3 Å². The number of hydrogen-bond acceptors (Lipinski definition) is 2. The van der Waals surface area contributed by atoms with Crippen LogP contribution in [0.4, 0.5) is 16.2 Å². The molecule has 0 saturated heterocycles. The third kappa shape index (κ3) is 5.82. The highest BCUT2D eigenvalue weighted by molar-refractivity contribution is 5.99. The fourth-order valence-corrected chi connectivity index (χ4v) is 2.08. The van der Waals surface area contributed by atoms with E-state index in [2.05, 4.69) is 16.0 Å². The molecule has 23 heavy (non-hydrogen) atoms. The van der Waals surface area contributed by atoms with Crippen LogP contribution in [-0.4, -0.2) is 18.0 Å². The Morgan fingerprint density at radius 2 is 1.43 bits per heavy atom. The van der Waals surface area contributed by atoms with Crippen LogP contribution in [0.5, 0.6) is 0 Å². The largest absolute Gasteiger partial charge is 0.354 e. The molecule has 0 bridgehead atoms. The predicted octanol–water partition coefficient (Wildman–Crippen LogP) is 3.40. The Morgan fingerprint density at radius 1 is 0.870 bits per heavy atom. The van der Waals surface area contributed by atoms with Gasteiger partial charge in [-0.3, -0.25) is 4.79 Å². The molecule has 5 heteroatoms. The van der Waals surface area contributed by atoms with Gasteiger partial charge in [-0.1, -0.05) is 30.3 Å². The van der Waals surface area contributed by atoms with Crippen molar-refractivity contribution in [1.82, 2.24) is 5.32 Å². The summed E-state index contributed by atoms with van der Waals surface area (Å²) < 4.78 is 0. The number of amides is 3. The van der Waals surface area contributed by atoms with Gasteiger partial charge in [0.15, 0.2) is 0 Å². The van der Waals surface area contributed by atoms with E-state index in [-0.39, 0.29) is 18.0 Å². The number of para-hydroxylation sites is 1. The maximum atomic E-state index is 11.9. The van der Waals surface area contributed by atoms with Crippen LogP contribution in [-0.2, 0) is 11.2 Å². The standard InChI is InChI=1S/C18H21N3O2/c1-13(2)19-17(22)12-14-8-10-16(11-9-14)21-18(23)20-15-6-4-3-5-7-15/h3-11,13H,12H2,1-2H3,(H,19,22)(H2,20,21,23). The molecule has 0 aromatic heterocycles. The number of rotatable bonds is 5. The topological polar surface area (TPSA) is 70.2 Å². The van der Waals surface area contributed by atoms with Crippen molar-refractivity contribution in [3.63, 3.8) is 0 Å². The van der Waals surface area contributed by atoms with E-state index in [9.17, 15) is 9.59 Å². The summed E-state index contributed by atoms with van der Waals surface area (Å²) in [6.45, 7) is 3.85. The first-order valence-electron chi connectivity index (χ1n) is 7.54. The van der Waals surface area contributed by atoms with Crippen LogP contribution in [0.25, 0.3) is 0 Å². The highest BCUT2D eigenvalue weighted by atomic mass is 16.2. The van der Waals surface area contributed by atoms with Crippen molar-refractivity contribution < 1.29 is 9.59 Å². The lowest BCUT2D eigenvalue weighted by atomic mass is 10.1. The minimum atomic E-state index is -0.304. The van der Waals surface area contributed by atoms with Crippen LogP contribution < -0.4 is 16.0 Å². The summed E-state index contributed by atoms with van der Waals surface area (Å²) in [5, 5.41) is 8.34. The Morgan fingerprint density at radius 3 is 2.00 bits per heavy atom. The number of carbonyl (C=O) groups is 2. The molecular weight excluding hydrogens is 290 g/mol. The number of hydrogen-bond donors (Lipinski definition) is 3. The highest BCUT2D eigenvalue weighted by Gasteiger charge is 2.06. The zero-order valence-corrected chi connectivity index (χ0v) is 13.3. The molecule has 2 aromatic carbocycles. The maximum absolute atomic E-state index is 11.9. The minimum absolute atomic E-state index is 0.0115. The van der Waals surface area contributed by atoms with E-state index >= 15 is 0 Å². The summed E-state index contributed by atoms with van der Waals surface area (Å²) in [4.78, 5) is 23.6. The Balaban J connectivity index is 1.87. The Kier molecular flexibility index (Phi) is 5.74. The Hall–Kier alpha value is -2.82. The normalized spacial score (nSPS) is 10.2. The summed E-state index contributed by atoms with van der Waals surface area (Å²) in [6.07, 6.45) is 0.328. The molecule has 3 N–H and O–H groups in total. The summed E-state index contributed by atoms with van der Waals surface area (Å²) in [6, 6.07) is 16.3. The summed E-state index contributed by atoms with van der Waals surface area (Å²) in [7, 11) is 0. The molecule has 0 aliphatic carbocycles. The van der Waals surface area contributed by atoms with Crippen molar-refractivity contribution >= 4 is 23.3 Å². The van der Waals surface area contributed by atoms with Crippen LogP contribution in [0.2, 0.25) is 0 Å². The highest BCUT2D eigenvalue weighted by Crippen LogP contribution is 2.11. The molecule has 0 aliphatic rings. The van der Waals surface area contributed by atoms with Gasteiger partial charge in [-0.05, 0) is 43.7 Å². The zero-order valence-electron chi connectivity index (χ0n) is 13.3. The van der Waals surface area contributed by atoms with Crippen molar-refractivity contribution in [3.8, 4) is 0 Å². The third-order valence-corrected chi connectivity index (χ3v) is 3.06. The SMILES string of the molecule is CC(C)NC(=O)Cc1ccc(NC(=O)Nc2ccccc2)cc1. The fraction of sp³-hybridized carbons (Fsp3) is 0.222. The molecule has 2 rings (SSSR count). The molecule has 0 atom stereocenters. The van der Waals surface area contributed by atoms with Gasteiger partial charge in [-0.25, -0.2) is 4.79 Å². The minimum Gasteiger partial charge on any atom is -0.354 e. The second kappa shape index (κ2) is 7.98. The molecule has 5 nitrogen and oxygen atoms in total. The molecule has 0 radical (unpaired) electrons. The van der Waals surface area contributed by atoms with Gasteiger partial charge in [-0.15, -0.1) is 0 Å². The van der Waals surface area contributed by atoms with Gasteiger partial charge >= 0.3 is 6.03 Å². The van der Waals surface area contributed by atoms with Crippen molar-refractivity contribution in [2.24, 2.45) is 0 Å². The maximum Gasteiger partial charge on any atom is 0.323 e. The Labute approximate surface area is 136 Å². The lowest BCUT2D eigenvalue weighted by Gasteiger charge is -2.10. The van der Waals surface area contributed by atoms with Crippen LogP contribution in [0.3, 0.4) is 0 Å². The van der Waals surface area contributed by atoms with Crippen molar-refractivity contribution in [2.45, 2.75) is 26.3 Å². The third-order valence-electron chi connectivity index (χ3n) is 3.06. The van der Waals surface area contributed by atoms with Crippen molar-refractivity contribution in [1.29, 1.82) is 0 Å². The van der Waals surface area contributed by atoms with Gasteiger partial charge in [0.25, 0.3) is 0 Å². The van der Waals surface area contributed by atoms with Gasteiger partial charge < -0.3 is 16.0 Å². The predicted molar refractivity (Wildman–Crippen MR) is 92.5 cm³/mol. The van der Waals surface area contributed by atoms with Crippen LogP contribution in [0, 0.1) is 0 Å². The van der Waals surface area contributed by atoms with Gasteiger partial charge in [0.1, 0.15) is 0 Å². The average molecular weight is 311 g/mol. The lowest BCUT2D eigenvalue weighted by Crippen LogP contribution is -2.31. The number of carbonyl (C=O) groups excluding carboxylic acids is 2. The van der Waals surface area contributed by atoms with E-state index in [0.717, 1.165) is 11.3 Å². The number of benzene rings is 2. The second-order valence-electron chi connectivity index (χ2n) is 5.54. The van der Waals surface area contributed by atoms with Crippen molar-refractivity contribution in [2.75, 3.05) is 10.6 Å². The van der Waals surface area contributed by atoms with Crippen molar-refractivity contribution in [3.05, 3.63) is 60.2 Å². The fourth-order valence-electron chi connectivity index (χ4n) is 2.08. The van der Waals surface area contributed by atoms with Crippen LogP contribution >= 0.6 is 0 Å². The number of nitrogens with one attached hydrogen (secondary N) is 3. The zero-order chi connectivity index (χ0) is 16.7. The number of anilines is 2. The van der Waals surface area contributed by atoms with E-state index in [0.29, 0.717) is 12.1 Å². The molecule has 3 amide bonds. The summed E-state index contributed by atoms with van der Waals surface area (Å²) >= 11 is 0. The smallest absolute Gasteiger partial charge is 0.323 e. The summed E-state index contributed by atoms with van der Waals surface area (Å²) in [5.74, 6) is -0.0115. The van der Waals surface area contributed by atoms with Gasteiger partial charge in [0, 0.05) is 17.4 Å². The molecule has 0 fully saturated rings. The quantitative estimate of drug-likeness (QED) is 0.792. The van der Waals surface area contributed by atoms with Gasteiger partial charge in [0.2, 0.25) is 5.91 Å². The van der Waals surface area contributed by atoms with E-state index in [1.165, 1.54) is 0 Å². The first kappa shape index (κ1) is 16.5. The lowest BCUT2D eigenvalue weighted by molar-refractivity contribution is -0.120. The molecule has 0 heterocycles. The van der Waals surface area contributed by atoms with Crippen LogP contribution in [0.1, 0.15) is 19.4 Å². The molecule has 120 valence electrons. The first-order chi connectivity index (χ1) is 11.0. The van der Waals surface area contributed by atoms with Crippen LogP contribution in [0.15, 0.2) is 54.6 Å².